The molecule has 4 N–H and O–H groups in total. The Morgan fingerprint density at radius 3 is 2.67 bits per heavy atom. The Hall–Kier alpha value is -1.18. The van der Waals surface area contributed by atoms with Crippen molar-refractivity contribution >= 4 is 11.8 Å². The second kappa shape index (κ2) is 8.16. The molecule has 88 valence electrons. The number of rotatable bonds is 8. The summed E-state index contributed by atoms with van der Waals surface area (Å²) in [6.45, 7) is 1.95. The average molecular weight is 219 g/mol. The first-order chi connectivity index (χ1) is 7.06. The minimum Gasteiger partial charge on any atom is -0.383 e. The maximum absolute atomic E-state index is 11.1. The summed E-state index contributed by atoms with van der Waals surface area (Å²) in [4.78, 5) is 26.0. The third-order valence-electron chi connectivity index (χ3n) is 1.37. The molecule has 0 bridgehead atoms. The summed E-state index contributed by atoms with van der Waals surface area (Å²) in [5.41, 5.74) is 7.12. The van der Waals surface area contributed by atoms with Crippen LogP contribution in [-0.2, 0) is 19.2 Å². The van der Waals surface area contributed by atoms with E-state index >= 15 is 0 Å². The van der Waals surface area contributed by atoms with E-state index in [4.69, 9.17) is 10.5 Å². The van der Waals surface area contributed by atoms with E-state index in [1.54, 1.807) is 7.11 Å². The lowest BCUT2D eigenvalue weighted by molar-refractivity contribution is -0.129. The molecule has 0 aliphatic carbocycles. The first-order valence-electron chi connectivity index (χ1n) is 4.47. The third kappa shape index (κ3) is 9.13. The molecule has 15 heavy (non-hydrogen) atoms. The number of primary amides is 1. The first-order valence-corrected chi connectivity index (χ1v) is 4.47. The number of nitrogens with one attached hydrogen (secondary N) is 2. The van der Waals surface area contributed by atoms with Gasteiger partial charge in [-0.15, -0.1) is 0 Å². The number of ether oxygens (including phenoxy) is 1. The maximum atomic E-state index is 11.1. The molecule has 1 unspecified atom stereocenters. The second-order valence-corrected chi connectivity index (χ2v) is 3.00. The van der Waals surface area contributed by atoms with E-state index in [2.05, 4.69) is 15.6 Å². The fourth-order valence-corrected chi connectivity index (χ4v) is 0.856. The van der Waals surface area contributed by atoms with Gasteiger partial charge in [0.2, 0.25) is 11.8 Å². The Labute approximate surface area is 88.2 Å². The van der Waals surface area contributed by atoms with E-state index in [1.807, 2.05) is 6.92 Å². The predicted octanol–water partition coefficient (Wildman–Crippen LogP) is -1.86. The van der Waals surface area contributed by atoms with Crippen LogP contribution in [0.4, 0.5) is 0 Å². The zero-order valence-electron chi connectivity index (χ0n) is 8.91. The summed E-state index contributed by atoms with van der Waals surface area (Å²) in [5.74, 6) is -0.848. The molecule has 7 nitrogen and oxygen atoms in total. The van der Waals surface area contributed by atoms with Gasteiger partial charge in [0.25, 0.3) is 0 Å². The van der Waals surface area contributed by atoms with Crippen LogP contribution in [0.5, 0.6) is 0 Å². The standard InChI is InChI=1S/C8H17N3O4/c1-6(4-14-2)11-8(13)3-10-15-5-7(9)12/h6,10H,3-5H2,1-2H3,(H2,9,12)(H,11,13). The molecule has 0 radical (unpaired) electrons. The lowest BCUT2D eigenvalue weighted by atomic mass is 10.3. The smallest absolute Gasteiger partial charge is 0.245 e. The number of hydrogen-bond donors (Lipinski definition) is 3. The Morgan fingerprint density at radius 2 is 2.13 bits per heavy atom. The molecule has 0 aromatic carbocycles. The molecule has 0 aliphatic heterocycles. The number of nitrogens with two attached hydrogens (primary N) is 1. The van der Waals surface area contributed by atoms with Gasteiger partial charge in [-0.2, -0.15) is 5.48 Å². The molecule has 0 saturated carbocycles. The summed E-state index contributed by atoms with van der Waals surface area (Å²) in [7, 11) is 1.55. The van der Waals surface area contributed by atoms with Crippen molar-refractivity contribution in [2.45, 2.75) is 13.0 Å². The van der Waals surface area contributed by atoms with Gasteiger partial charge in [-0.25, -0.2) is 0 Å². The van der Waals surface area contributed by atoms with Gasteiger partial charge < -0.3 is 15.8 Å². The second-order valence-electron chi connectivity index (χ2n) is 3.00. The van der Waals surface area contributed by atoms with Crippen LogP contribution in [0, 0.1) is 0 Å². The highest BCUT2D eigenvalue weighted by molar-refractivity contribution is 5.78. The van der Waals surface area contributed by atoms with Crippen molar-refractivity contribution in [1.82, 2.24) is 10.8 Å². The van der Waals surface area contributed by atoms with Crippen LogP contribution in [0.25, 0.3) is 0 Å². The minimum absolute atomic E-state index is 0.0403. The molecular formula is C8H17N3O4. The van der Waals surface area contributed by atoms with Gasteiger partial charge in [0.1, 0.15) is 6.61 Å². The van der Waals surface area contributed by atoms with Gasteiger partial charge in [-0.05, 0) is 6.92 Å². The largest absolute Gasteiger partial charge is 0.383 e. The van der Waals surface area contributed by atoms with E-state index in [0.29, 0.717) is 6.61 Å². The van der Waals surface area contributed by atoms with Gasteiger partial charge >= 0.3 is 0 Å². The molecule has 0 heterocycles. The van der Waals surface area contributed by atoms with E-state index in [0.717, 1.165) is 0 Å². The minimum atomic E-state index is -0.601. The van der Waals surface area contributed by atoms with Crippen LogP contribution in [0.2, 0.25) is 0 Å². The fraction of sp³-hybridized carbons (Fsp3) is 0.750. The van der Waals surface area contributed by atoms with E-state index < -0.39 is 5.91 Å². The lowest BCUT2D eigenvalue weighted by Crippen LogP contribution is -2.41. The highest BCUT2D eigenvalue weighted by Gasteiger charge is 2.06. The van der Waals surface area contributed by atoms with Crippen molar-refractivity contribution in [3.05, 3.63) is 0 Å². The molecular weight excluding hydrogens is 202 g/mol. The summed E-state index contributed by atoms with van der Waals surface area (Å²) in [5, 5.41) is 2.65. The number of hydrogen-bond acceptors (Lipinski definition) is 5. The van der Waals surface area contributed by atoms with Crippen molar-refractivity contribution in [2.24, 2.45) is 5.73 Å². The normalized spacial score (nSPS) is 12.1. The van der Waals surface area contributed by atoms with Crippen molar-refractivity contribution in [3.8, 4) is 0 Å². The Bertz CT molecular complexity index is 210. The zero-order chi connectivity index (χ0) is 11.7. The number of hydroxylamine groups is 1. The number of carbonyl (C=O) groups excluding carboxylic acids is 2. The van der Waals surface area contributed by atoms with Gasteiger partial charge in [0.15, 0.2) is 0 Å². The van der Waals surface area contributed by atoms with Gasteiger partial charge in [0.05, 0.1) is 13.2 Å². The topological polar surface area (TPSA) is 103 Å². The fourth-order valence-electron chi connectivity index (χ4n) is 0.856. The Kier molecular flexibility index (Phi) is 7.51. The van der Waals surface area contributed by atoms with Crippen molar-refractivity contribution in [1.29, 1.82) is 0 Å². The highest BCUT2D eigenvalue weighted by Crippen LogP contribution is 1.81. The molecule has 0 aromatic rings. The van der Waals surface area contributed by atoms with E-state index in [1.165, 1.54) is 0 Å². The summed E-state index contributed by atoms with van der Waals surface area (Å²) >= 11 is 0. The molecule has 0 spiro atoms. The van der Waals surface area contributed by atoms with Crippen molar-refractivity contribution in [3.63, 3.8) is 0 Å². The van der Waals surface area contributed by atoms with Crippen LogP contribution in [0.3, 0.4) is 0 Å². The van der Waals surface area contributed by atoms with Gasteiger partial charge in [-0.3, -0.25) is 14.4 Å². The van der Waals surface area contributed by atoms with Crippen LogP contribution in [0.1, 0.15) is 6.92 Å². The maximum Gasteiger partial charge on any atom is 0.245 e. The molecule has 0 aromatic heterocycles. The highest BCUT2D eigenvalue weighted by atomic mass is 16.6. The molecule has 2 amide bonds. The molecule has 0 aliphatic rings. The molecule has 7 heteroatoms. The number of carbonyl (C=O) groups is 2. The summed E-state index contributed by atoms with van der Waals surface area (Å²) in [6.07, 6.45) is 0. The lowest BCUT2D eigenvalue weighted by Gasteiger charge is -2.12. The first kappa shape index (κ1) is 13.8. The molecule has 0 fully saturated rings. The third-order valence-corrected chi connectivity index (χ3v) is 1.37. The number of amides is 2. The predicted molar refractivity (Wildman–Crippen MR) is 52.6 cm³/mol. The van der Waals surface area contributed by atoms with Crippen LogP contribution < -0.4 is 16.5 Å². The Balaban J connectivity index is 3.44. The summed E-state index contributed by atoms with van der Waals surface area (Å²) < 4.78 is 4.83. The van der Waals surface area contributed by atoms with Crippen molar-refractivity contribution in [2.75, 3.05) is 26.9 Å². The van der Waals surface area contributed by atoms with Gasteiger partial charge in [-0.1, -0.05) is 0 Å². The number of methoxy groups -OCH3 is 1. The average Bonchev–Trinajstić information content (AvgIpc) is 2.12. The van der Waals surface area contributed by atoms with Crippen LogP contribution in [0.15, 0.2) is 0 Å². The molecule has 0 saturated heterocycles. The van der Waals surface area contributed by atoms with Crippen molar-refractivity contribution < 1.29 is 19.2 Å². The Morgan fingerprint density at radius 1 is 1.47 bits per heavy atom. The van der Waals surface area contributed by atoms with Crippen LogP contribution in [-0.4, -0.2) is 44.7 Å². The summed E-state index contributed by atoms with van der Waals surface area (Å²) in [6, 6.07) is -0.0690. The monoisotopic (exact) mass is 219 g/mol. The van der Waals surface area contributed by atoms with E-state index in [-0.39, 0.29) is 25.1 Å². The van der Waals surface area contributed by atoms with Gasteiger partial charge in [0, 0.05) is 13.2 Å². The van der Waals surface area contributed by atoms with Crippen LogP contribution >= 0.6 is 0 Å². The van der Waals surface area contributed by atoms with E-state index in [9.17, 15) is 9.59 Å². The zero-order valence-corrected chi connectivity index (χ0v) is 8.91. The SMILES string of the molecule is COCC(C)NC(=O)CNOCC(N)=O. The quantitative estimate of drug-likeness (QED) is 0.328. The molecule has 1 atom stereocenters. The molecule has 0 rings (SSSR count).